The van der Waals surface area contributed by atoms with Crippen molar-refractivity contribution in [2.75, 3.05) is 31.1 Å². The molecule has 0 aliphatic carbocycles. The third-order valence-corrected chi connectivity index (χ3v) is 4.79. The van der Waals surface area contributed by atoms with E-state index in [2.05, 4.69) is 14.9 Å². The zero-order valence-electron chi connectivity index (χ0n) is 14.5. The summed E-state index contributed by atoms with van der Waals surface area (Å²) in [7, 11) is 0. The van der Waals surface area contributed by atoms with Gasteiger partial charge >= 0.3 is 5.69 Å². The van der Waals surface area contributed by atoms with Gasteiger partial charge in [-0.2, -0.15) is 0 Å². The van der Waals surface area contributed by atoms with Crippen LogP contribution >= 0.6 is 0 Å². The van der Waals surface area contributed by atoms with Gasteiger partial charge in [0.25, 0.3) is 0 Å². The molecule has 0 saturated carbocycles. The van der Waals surface area contributed by atoms with E-state index in [1.165, 1.54) is 19.3 Å². The molecule has 2 saturated heterocycles. The summed E-state index contributed by atoms with van der Waals surface area (Å²) in [6, 6.07) is 0. The Morgan fingerprint density at radius 2 is 1.71 bits per heavy atom. The van der Waals surface area contributed by atoms with Gasteiger partial charge in [0, 0.05) is 31.9 Å². The van der Waals surface area contributed by atoms with Crippen molar-refractivity contribution in [2.24, 2.45) is 0 Å². The van der Waals surface area contributed by atoms with Gasteiger partial charge in [-0.15, -0.1) is 0 Å². The Kier molecular flexibility index (Phi) is 4.97. The lowest BCUT2D eigenvalue weighted by Gasteiger charge is -2.27. The predicted molar refractivity (Wildman–Crippen MR) is 93.9 cm³/mol. The Balaban J connectivity index is 2.02. The second-order valence-electron chi connectivity index (χ2n) is 6.61. The maximum atomic E-state index is 11.8. The molecular formula is C17H25N5O2. The van der Waals surface area contributed by atoms with E-state index in [9.17, 15) is 10.1 Å². The normalized spacial score (nSPS) is 19.0. The van der Waals surface area contributed by atoms with Crippen LogP contribution in [0.3, 0.4) is 0 Å². The highest BCUT2D eigenvalue weighted by molar-refractivity contribution is 5.70. The summed E-state index contributed by atoms with van der Waals surface area (Å²) in [6.45, 7) is 7.49. The SMILES string of the molecule is C/C(=C/c1nc(C)nc(N2CCCCC2)c1[N+](=O)[O-])N1CCCC1. The van der Waals surface area contributed by atoms with E-state index in [0.29, 0.717) is 17.3 Å². The van der Waals surface area contributed by atoms with Gasteiger partial charge in [0.05, 0.1) is 4.92 Å². The number of aromatic nitrogens is 2. The number of likely N-dealkylation sites (tertiary alicyclic amines) is 1. The average Bonchev–Trinajstić information content (AvgIpc) is 3.09. The molecule has 3 heterocycles. The minimum atomic E-state index is -0.327. The molecule has 0 spiro atoms. The Morgan fingerprint density at radius 1 is 1.08 bits per heavy atom. The number of hydrogen-bond donors (Lipinski definition) is 0. The fraction of sp³-hybridized carbons (Fsp3) is 0.647. The molecule has 3 rings (SSSR count). The Hall–Kier alpha value is -2.18. The van der Waals surface area contributed by atoms with E-state index < -0.39 is 0 Å². The number of anilines is 1. The molecule has 2 aliphatic heterocycles. The van der Waals surface area contributed by atoms with Crippen LogP contribution in [-0.2, 0) is 0 Å². The second-order valence-corrected chi connectivity index (χ2v) is 6.61. The Morgan fingerprint density at radius 3 is 2.33 bits per heavy atom. The number of aryl methyl sites for hydroxylation is 1. The van der Waals surface area contributed by atoms with Crippen LogP contribution < -0.4 is 4.90 Å². The molecule has 0 amide bonds. The van der Waals surface area contributed by atoms with Crippen molar-refractivity contribution in [3.8, 4) is 0 Å². The highest BCUT2D eigenvalue weighted by atomic mass is 16.6. The minimum absolute atomic E-state index is 0.0426. The van der Waals surface area contributed by atoms with Crippen molar-refractivity contribution in [1.82, 2.24) is 14.9 Å². The molecule has 7 nitrogen and oxygen atoms in total. The van der Waals surface area contributed by atoms with E-state index in [-0.39, 0.29) is 10.6 Å². The van der Waals surface area contributed by atoms with Crippen LogP contribution in [0.4, 0.5) is 11.5 Å². The van der Waals surface area contributed by atoms with Crippen molar-refractivity contribution in [1.29, 1.82) is 0 Å². The van der Waals surface area contributed by atoms with Gasteiger partial charge in [0.15, 0.2) is 0 Å². The van der Waals surface area contributed by atoms with Gasteiger partial charge in [-0.3, -0.25) is 10.1 Å². The lowest BCUT2D eigenvalue weighted by atomic mass is 10.1. The van der Waals surface area contributed by atoms with Crippen LogP contribution in [0.25, 0.3) is 6.08 Å². The monoisotopic (exact) mass is 331 g/mol. The van der Waals surface area contributed by atoms with Crippen molar-refractivity contribution in [3.05, 3.63) is 27.3 Å². The van der Waals surface area contributed by atoms with E-state index in [4.69, 9.17) is 0 Å². The number of allylic oxidation sites excluding steroid dienone is 1. The molecule has 7 heteroatoms. The summed E-state index contributed by atoms with van der Waals surface area (Å²) >= 11 is 0. The number of hydrogen-bond acceptors (Lipinski definition) is 6. The second kappa shape index (κ2) is 7.15. The molecule has 1 aromatic rings. The lowest BCUT2D eigenvalue weighted by molar-refractivity contribution is -0.384. The first-order valence-electron chi connectivity index (χ1n) is 8.77. The van der Waals surface area contributed by atoms with Gasteiger partial charge in [0.1, 0.15) is 11.5 Å². The molecule has 0 bridgehead atoms. The van der Waals surface area contributed by atoms with Crippen molar-refractivity contribution < 1.29 is 4.92 Å². The summed E-state index contributed by atoms with van der Waals surface area (Å²) in [5, 5.41) is 11.8. The van der Waals surface area contributed by atoms with Gasteiger partial charge in [-0.1, -0.05) is 0 Å². The zero-order valence-corrected chi connectivity index (χ0v) is 14.5. The van der Waals surface area contributed by atoms with Crippen LogP contribution in [-0.4, -0.2) is 46.0 Å². The first-order chi connectivity index (χ1) is 11.6. The third-order valence-electron chi connectivity index (χ3n) is 4.79. The largest absolute Gasteiger partial charge is 0.375 e. The summed E-state index contributed by atoms with van der Waals surface area (Å²) in [4.78, 5) is 24.5. The lowest BCUT2D eigenvalue weighted by Crippen LogP contribution is -2.31. The molecule has 0 atom stereocenters. The van der Waals surface area contributed by atoms with Crippen LogP contribution in [0.2, 0.25) is 0 Å². The standard InChI is InChI=1S/C17H25N5O2/c1-13(20-8-6-7-9-20)12-15-16(22(23)24)17(19-14(2)18-15)21-10-4-3-5-11-21/h12H,3-11H2,1-2H3/b13-12-. The Bertz CT molecular complexity index is 647. The highest BCUT2D eigenvalue weighted by Gasteiger charge is 2.28. The molecule has 0 aromatic carbocycles. The summed E-state index contributed by atoms with van der Waals surface area (Å²) in [6.07, 6.45) is 7.49. The van der Waals surface area contributed by atoms with E-state index in [1.807, 2.05) is 17.9 Å². The van der Waals surface area contributed by atoms with Gasteiger partial charge in [0.2, 0.25) is 5.82 Å². The summed E-state index contributed by atoms with van der Waals surface area (Å²) < 4.78 is 0. The first-order valence-corrected chi connectivity index (χ1v) is 8.77. The molecule has 24 heavy (non-hydrogen) atoms. The topological polar surface area (TPSA) is 75.4 Å². The maximum absolute atomic E-state index is 11.8. The maximum Gasteiger partial charge on any atom is 0.337 e. The van der Waals surface area contributed by atoms with Crippen LogP contribution in [0.1, 0.15) is 50.5 Å². The number of rotatable bonds is 4. The zero-order chi connectivity index (χ0) is 17.1. The van der Waals surface area contributed by atoms with Gasteiger partial charge in [-0.25, -0.2) is 9.97 Å². The molecule has 0 radical (unpaired) electrons. The molecule has 1 aromatic heterocycles. The third kappa shape index (κ3) is 3.49. The fourth-order valence-electron chi connectivity index (χ4n) is 3.53. The van der Waals surface area contributed by atoms with Crippen LogP contribution in [0, 0.1) is 17.0 Å². The van der Waals surface area contributed by atoms with Crippen molar-refractivity contribution >= 4 is 17.6 Å². The fourth-order valence-corrected chi connectivity index (χ4v) is 3.53. The van der Waals surface area contributed by atoms with Gasteiger partial charge in [-0.05, 0) is 52.0 Å². The Labute approximate surface area is 142 Å². The quantitative estimate of drug-likeness (QED) is 0.623. The van der Waals surface area contributed by atoms with Crippen LogP contribution in [0.15, 0.2) is 5.70 Å². The van der Waals surface area contributed by atoms with Crippen LogP contribution in [0.5, 0.6) is 0 Å². The van der Waals surface area contributed by atoms with Crippen molar-refractivity contribution in [2.45, 2.75) is 46.0 Å². The highest BCUT2D eigenvalue weighted by Crippen LogP contribution is 2.32. The summed E-state index contributed by atoms with van der Waals surface area (Å²) in [5.74, 6) is 1.06. The molecule has 0 unspecified atom stereocenters. The molecular weight excluding hydrogens is 306 g/mol. The van der Waals surface area contributed by atoms with E-state index in [1.54, 1.807) is 6.92 Å². The number of nitro groups is 1. The number of nitrogens with zero attached hydrogens (tertiary/aromatic N) is 5. The first kappa shape index (κ1) is 16.7. The van der Waals surface area contributed by atoms with Crippen molar-refractivity contribution in [3.63, 3.8) is 0 Å². The minimum Gasteiger partial charge on any atom is -0.375 e. The molecule has 2 fully saturated rings. The van der Waals surface area contributed by atoms with E-state index in [0.717, 1.165) is 44.7 Å². The molecule has 130 valence electrons. The van der Waals surface area contributed by atoms with E-state index >= 15 is 0 Å². The smallest absolute Gasteiger partial charge is 0.337 e. The number of piperidine rings is 1. The average molecular weight is 331 g/mol. The molecule has 2 aliphatic rings. The summed E-state index contributed by atoms with van der Waals surface area (Å²) in [5.41, 5.74) is 1.51. The van der Waals surface area contributed by atoms with Gasteiger partial charge < -0.3 is 9.80 Å². The molecule has 0 N–H and O–H groups in total. The predicted octanol–water partition coefficient (Wildman–Crippen LogP) is 3.14.